The summed E-state index contributed by atoms with van der Waals surface area (Å²) >= 11 is 0. The van der Waals surface area contributed by atoms with Gasteiger partial charge in [0.1, 0.15) is 0 Å². The number of benzene rings is 2. The molecule has 11 heteroatoms. The van der Waals surface area contributed by atoms with Crippen molar-refractivity contribution < 1.29 is 32.3 Å². The van der Waals surface area contributed by atoms with Gasteiger partial charge in [-0.15, -0.1) is 0 Å². The van der Waals surface area contributed by atoms with Gasteiger partial charge < -0.3 is 14.8 Å². The Balaban J connectivity index is 1.23. The summed E-state index contributed by atoms with van der Waals surface area (Å²) in [5.41, 5.74) is 2.62. The second kappa shape index (κ2) is 10.7. The molecule has 3 amide bonds. The van der Waals surface area contributed by atoms with Crippen molar-refractivity contribution in [1.29, 1.82) is 0 Å². The summed E-state index contributed by atoms with van der Waals surface area (Å²) < 4.78 is 37.8. The Morgan fingerprint density at radius 2 is 1.61 bits per heavy atom. The van der Waals surface area contributed by atoms with Crippen LogP contribution in [0.5, 0.6) is 11.5 Å². The number of sulfonamides is 1. The first-order valence-corrected chi connectivity index (χ1v) is 13.3. The summed E-state index contributed by atoms with van der Waals surface area (Å²) in [5.74, 6) is -0.118. The lowest BCUT2D eigenvalue weighted by Gasteiger charge is -2.29. The number of imide groups is 1. The van der Waals surface area contributed by atoms with E-state index < -0.39 is 10.0 Å². The Hall–Kier alpha value is -3.44. The number of hydrogen-bond donors (Lipinski definition) is 1. The number of rotatable bonds is 10. The maximum Gasteiger partial charge on any atom is 0.261 e. The number of carbonyl (C=O) groups is 3. The molecule has 2 aliphatic heterocycles. The van der Waals surface area contributed by atoms with E-state index in [9.17, 15) is 22.8 Å². The number of nitrogens with one attached hydrogen (secondary N) is 1. The molecule has 0 saturated carbocycles. The third kappa shape index (κ3) is 5.21. The maximum absolute atomic E-state index is 12.9. The summed E-state index contributed by atoms with van der Waals surface area (Å²) in [6.45, 7) is 0.675. The largest absolute Gasteiger partial charge is 0.493 e. The van der Waals surface area contributed by atoms with Gasteiger partial charge in [0.15, 0.2) is 11.5 Å². The van der Waals surface area contributed by atoms with Crippen molar-refractivity contribution in [2.24, 2.45) is 0 Å². The number of hydrogen-bond acceptors (Lipinski definition) is 7. The topological polar surface area (TPSA) is 122 Å². The van der Waals surface area contributed by atoms with Gasteiger partial charge in [-0.05, 0) is 48.2 Å². The molecule has 4 rings (SSSR count). The van der Waals surface area contributed by atoms with Gasteiger partial charge >= 0.3 is 0 Å². The molecule has 2 aromatic rings. The van der Waals surface area contributed by atoms with E-state index in [0.717, 1.165) is 16.0 Å². The van der Waals surface area contributed by atoms with Crippen LogP contribution in [0.2, 0.25) is 0 Å². The molecule has 2 heterocycles. The van der Waals surface area contributed by atoms with E-state index in [1.165, 1.54) is 11.4 Å². The number of amides is 3. The first kappa shape index (κ1) is 25.6. The van der Waals surface area contributed by atoms with Crippen LogP contribution >= 0.6 is 0 Å². The molecule has 0 radical (unpaired) electrons. The van der Waals surface area contributed by atoms with Crippen LogP contribution in [0.4, 0.5) is 0 Å². The van der Waals surface area contributed by atoms with Crippen LogP contribution in [0.15, 0.2) is 36.4 Å². The lowest BCUT2D eigenvalue weighted by atomic mass is 10.0. The van der Waals surface area contributed by atoms with E-state index in [4.69, 9.17) is 9.47 Å². The first-order valence-electron chi connectivity index (χ1n) is 11.7. The van der Waals surface area contributed by atoms with Crippen LogP contribution in [-0.2, 0) is 27.8 Å². The number of ether oxygens (including phenoxy) is 2. The van der Waals surface area contributed by atoms with Crippen LogP contribution < -0.4 is 14.8 Å². The van der Waals surface area contributed by atoms with Crippen LogP contribution in [0.1, 0.15) is 44.7 Å². The molecule has 2 aliphatic rings. The zero-order valence-corrected chi connectivity index (χ0v) is 21.1. The minimum absolute atomic E-state index is 0.0243. The third-order valence-electron chi connectivity index (χ3n) is 6.42. The van der Waals surface area contributed by atoms with Crippen molar-refractivity contribution in [2.45, 2.75) is 25.8 Å². The standard InChI is InChI=1S/C25H29N3O7S/c1-34-21-14-17-9-12-27(16-18(17)15-22(21)35-2)36(32,33)13-10-26-23(29)8-5-11-28-24(30)19-6-3-4-7-20(19)25(28)31/h3-4,6-7,14-15H,5,8-13,16H2,1-2H3,(H,26,29). The summed E-state index contributed by atoms with van der Waals surface area (Å²) in [6.07, 6.45) is 0.920. The lowest BCUT2D eigenvalue weighted by molar-refractivity contribution is -0.121. The maximum atomic E-state index is 12.9. The molecule has 0 unspecified atom stereocenters. The molecule has 0 aromatic heterocycles. The van der Waals surface area contributed by atoms with E-state index in [0.29, 0.717) is 35.6 Å². The van der Waals surface area contributed by atoms with Crippen molar-refractivity contribution in [2.75, 3.05) is 39.6 Å². The molecule has 1 N–H and O–H groups in total. The molecular weight excluding hydrogens is 486 g/mol. The fourth-order valence-electron chi connectivity index (χ4n) is 4.47. The zero-order chi connectivity index (χ0) is 25.9. The van der Waals surface area contributed by atoms with E-state index >= 15 is 0 Å². The van der Waals surface area contributed by atoms with Gasteiger partial charge in [0, 0.05) is 32.6 Å². The highest BCUT2D eigenvalue weighted by Gasteiger charge is 2.34. The fourth-order valence-corrected chi connectivity index (χ4v) is 5.80. The van der Waals surface area contributed by atoms with Crippen molar-refractivity contribution in [1.82, 2.24) is 14.5 Å². The quantitative estimate of drug-likeness (QED) is 0.477. The van der Waals surface area contributed by atoms with Gasteiger partial charge in [-0.2, -0.15) is 4.31 Å². The number of nitrogens with zero attached hydrogens (tertiary/aromatic N) is 2. The number of carbonyl (C=O) groups excluding carboxylic acids is 3. The minimum Gasteiger partial charge on any atom is -0.493 e. The van der Waals surface area contributed by atoms with Crippen molar-refractivity contribution >= 4 is 27.7 Å². The number of fused-ring (bicyclic) bond motifs is 2. The molecule has 0 atom stereocenters. The predicted molar refractivity (Wildman–Crippen MR) is 131 cm³/mol. The Kier molecular flexibility index (Phi) is 7.60. The van der Waals surface area contributed by atoms with Crippen LogP contribution in [-0.4, -0.2) is 75.0 Å². The SMILES string of the molecule is COc1cc2c(cc1OC)CN(S(=O)(=O)CCNC(=O)CCCN1C(=O)c3ccccc3C1=O)CC2. The highest BCUT2D eigenvalue weighted by atomic mass is 32.2. The van der Waals surface area contributed by atoms with Gasteiger partial charge in [0.2, 0.25) is 15.9 Å². The summed E-state index contributed by atoms with van der Waals surface area (Å²) in [7, 11) is -0.497. The summed E-state index contributed by atoms with van der Waals surface area (Å²) in [6, 6.07) is 10.3. The van der Waals surface area contributed by atoms with Crippen LogP contribution in [0.3, 0.4) is 0 Å². The van der Waals surface area contributed by atoms with Gasteiger partial charge in [0.25, 0.3) is 11.8 Å². The third-order valence-corrected chi connectivity index (χ3v) is 8.24. The predicted octanol–water partition coefficient (Wildman–Crippen LogP) is 1.58. The molecule has 0 saturated heterocycles. The van der Waals surface area contributed by atoms with Gasteiger partial charge in [0.05, 0.1) is 31.1 Å². The van der Waals surface area contributed by atoms with Crippen molar-refractivity contribution in [3.8, 4) is 11.5 Å². The monoisotopic (exact) mass is 515 g/mol. The van der Waals surface area contributed by atoms with E-state index in [1.54, 1.807) is 37.4 Å². The Morgan fingerprint density at radius 3 is 2.22 bits per heavy atom. The smallest absolute Gasteiger partial charge is 0.261 e. The highest BCUT2D eigenvalue weighted by molar-refractivity contribution is 7.89. The first-order chi connectivity index (χ1) is 17.2. The molecule has 0 bridgehead atoms. The Labute approximate surface area is 210 Å². The molecular formula is C25H29N3O7S. The van der Waals surface area contributed by atoms with Crippen molar-refractivity contribution in [3.05, 3.63) is 58.7 Å². The second-order valence-electron chi connectivity index (χ2n) is 8.64. The summed E-state index contributed by atoms with van der Waals surface area (Å²) in [5, 5.41) is 2.63. The Bertz CT molecular complexity index is 1260. The van der Waals surface area contributed by atoms with Gasteiger partial charge in [-0.1, -0.05) is 12.1 Å². The Morgan fingerprint density at radius 1 is 1.00 bits per heavy atom. The van der Waals surface area contributed by atoms with Crippen molar-refractivity contribution in [3.63, 3.8) is 0 Å². The molecule has 0 aliphatic carbocycles. The van der Waals surface area contributed by atoms with E-state index in [-0.39, 0.29) is 56.0 Å². The van der Waals surface area contributed by atoms with Crippen LogP contribution in [0, 0.1) is 0 Å². The van der Waals surface area contributed by atoms with E-state index in [2.05, 4.69) is 5.32 Å². The second-order valence-corrected chi connectivity index (χ2v) is 10.7. The number of methoxy groups -OCH3 is 2. The average Bonchev–Trinajstić information content (AvgIpc) is 3.12. The minimum atomic E-state index is -3.59. The normalized spacial score (nSPS) is 15.4. The molecule has 0 fully saturated rings. The summed E-state index contributed by atoms with van der Waals surface area (Å²) in [4.78, 5) is 38.1. The van der Waals surface area contributed by atoms with Gasteiger partial charge in [-0.3, -0.25) is 19.3 Å². The highest BCUT2D eigenvalue weighted by Crippen LogP contribution is 2.33. The van der Waals surface area contributed by atoms with Crippen LogP contribution in [0.25, 0.3) is 0 Å². The average molecular weight is 516 g/mol. The lowest BCUT2D eigenvalue weighted by Crippen LogP contribution is -2.40. The zero-order valence-electron chi connectivity index (χ0n) is 20.3. The van der Waals surface area contributed by atoms with Gasteiger partial charge in [-0.25, -0.2) is 8.42 Å². The molecule has 10 nitrogen and oxygen atoms in total. The molecule has 36 heavy (non-hydrogen) atoms. The van der Waals surface area contributed by atoms with E-state index in [1.807, 2.05) is 6.07 Å². The molecule has 192 valence electrons. The molecule has 0 spiro atoms. The fraction of sp³-hybridized carbons (Fsp3) is 0.400. The molecule has 2 aromatic carbocycles.